The number of nitrogens with one attached hydrogen (secondary N) is 1. The summed E-state index contributed by atoms with van der Waals surface area (Å²) < 4.78 is 30.6. The number of hydrogen-bond acceptors (Lipinski definition) is 8. The van der Waals surface area contributed by atoms with Crippen molar-refractivity contribution >= 4 is 44.3 Å². The van der Waals surface area contributed by atoms with E-state index in [0.717, 1.165) is 0 Å². The van der Waals surface area contributed by atoms with Crippen LogP contribution in [0.15, 0.2) is 49.7 Å². The zero-order valence-corrected chi connectivity index (χ0v) is 18.8. The molecule has 1 aliphatic rings. The molecule has 0 saturated heterocycles. The summed E-state index contributed by atoms with van der Waals surface area (Å²) in [5.74, 6) is -0.317. The molecular weight excluding hydrogens is 438 g/mol. The normalized spacial score (nSPS) is 14.9. The molecule has 9 nitrogen and oxygen atoms in total. The van der Waals surface area contributed by atoms with E-state index in [1.807, 2.05) is 20.1 Å². The molecule has 3 heterocycles. The molecule has 0 saturated carbocycles. The molecule has 31 heavy (non-hydrogen) atoms. The fourth-order valence-electron chi connectivity index (χ4n) is 3.33. The lowest BCUT2D eigenvalue weighted by molar-refractivity contribution is 0.472. The van der Waals surface area contributed by atoms with Gasteiger partial charge in [-0.3, -0.25) is 9.36 Å². The standard InChI is InChI=1S/C20H21N5O4S2/c1-11(2)8-9-25-18-12(10-21-20(23-18)30-3)16(26)15(19(25)27)17-22-13-6-4-5-7-14(13)31(28,29)24-17/h4-7,10-11,26H,8-9H2,1-3H3,(H,22,24). The van der Waals surface area contributed by atoms with Crippen LogP contribution in [0.4, 0.5) is 5.69 Å². The fourth-order valence-corrected chi connectivity index (χ4v) is 4.79. The number of rotatable bonds is 5. The van der Waals surface area contributed by atoms with Crippen molar-refractivity contribution in [2.75, 3.05) is 11.6 Å². The van der Waals surface area contributed by atoms with Crippen molar-refractivity contribution in [3.8, 4) is 5.75 Å². The van der Waals surface area contributed by atoms with Crippen molar-refractivity contribution in [3.05, 3.63) is 46.4 Å². The van der Waals surface area contributed by atoms with E-state index in [4.69, 9.17) is 0 Å². The summed E-state index contributed by atoms with van der Waals surface area (Å²) in [5, 5.41) is 14.5. The number of nitrogens with zero attached hydrogens (tertiary/aromatic N) is 4. The third kappa shape index (κ3) is 3.79. The Bertz CT molecular complexity index is 1380. The van der Waals surface area contributed by atoms with E-state index in [0.29, 0.717) is 29.7 Å². The Morgan fingerprint density at radius 1 is 1.26 bits per heavy atom. The van der Waals surface area contributed by atoms with Crippen LogP contribution in [0.2, 0.25) is 0 Å². The van der Waals surface area contributed by atoms with Gasteiger partial charge in [-0.05, 0) is 30.7 Å². The number of sulfonamides is 1. The zero-order chi connectivity index (χ0) is 22.3. The number of benzene rings is 1. The predicted molar refractivity (Wildman–Crippen MR) is 120 cm³/mol. The Labute approximate surface area is 183 Å². The molecule has 0 unspecified atom stereocenters. The zero-order valence-electron chi connectivity index (χ0n) is 17.2. The summed E-state index contributed by atoms with van der Waals surface area (Å²) in [5.41, 5.74) is -0.216. The fraction of sp³-hybridized carbons (Fsp3) is 0.300. The molecule has 0 atom stereocenters. The molecule has 1 aliphatic heterocycles. The van der Waals surface area contributed by atoms with Crippen LogP contribution in [-0.2, 0) is 16.6 Å². The SMILES string of the molecule is CSc1ncc2c(O)c(C3=NS(=O)(=O)c4ccccc4N3)c(=O)n(CCC(C)C)c2n1. The number of pyridine rings is 1. The van der Waals surface area contributed by atoms with Gasteiger partial charge in [0.25, 0.3) is 15.6 Å². The minimum absolute atomic E-state index is 0.00658. The Morgan fingerprint density at radius 3 is 2.71 bits per heavy atom. The predicted octanol–water partition coefficient (Wildman–Crippen LogP) is 2.83. The largest absolute Gasteiger partial charge is 0.506 e. The van der Waals surface area contributed by atoms with E-state index in [-0.39, 0.29) is 27.4 Å². The molecule has 11 heteroatoms. The van der Waals surface area contributed by atoms with Crippen molar-refractivity contribution < 1.29 is 13.5 Å². The van der Waals surface area contributed by atoms with Crippen LogP contribution in [0, 0.1) is 5.92 Å². The number of aryl methyl sites for hydroxylation is 1. The third-order valence-corrected chi connectivity index (χ3v) is 6.83. The second kappa shape index (κ2) is 7.97. The van der Waals surface area contributed by atoms with Gasteiger partial charge in [0.05, 0.1) is 11.1 Å². The lowest BCUT2D eigenvalue weighted by atomic mass is 10.1. The van der Waals surface area contributed by atoms with Crippen molar-refractivity contribution in [1.82, 2.24) is 14.5 Å². The quantitative estimate of drug-likeness (QED) is 0.441. The van der Waals surface area contributed by atoms with Crippen LogP contribution in [0.3, 0.4) is 0 Å². The van der Waals surface area contributed by atoms with Crippen molar-refractivity contribution in [3.63, 3.8) is 0 Å². The Kier molecular flexibility index (Phi) is 5.48. The highest BCUT2D eigenvalue weighted by atomic mass is 32.2. The highest BCUT2D eigenvalue weighted by Gasteiger charge is 2.30. The number of amidine groups is 1. The van der Waals surface area contributed by atoms with Crippen molar-refractivity contribution in [1.29, 1.82) is 0 Å². The maximum absolute atomic E-state index is 13.5. The summed E-state index contributed by atoms with van der Waals surface area (Å²) >= 11 is 1.32. The van der Waals surface area contributed by atoms with Gasteiger partial charge < -0.3 is 10.4 Å². The monoisotopic (exact) mass is 459 g/mol. The van der Waals surface area contributed by atoms with Crippen LogP contribution >= 0.6 is 11.8 Å². The molecule has 0 radical (unpaired) electrons. The number of fused-ring (bicyclic) bond motifs is 2. The molecule has 0 bridgehead atoms. The molecule has 1 aromatic carbocycles. The lowest BCUT2D eigenvalue weighted by Crippen LogP contribution is -2.33. The molecule has 0 aliphatic carbocycles. The summed E-state index contributed by atoms with van der Waals surface area (Å²) in [7, 11) is -4.04. The minimum Gasteiger partial charge on any atom is -0.506 e. The van der Waals surface area contributed by atoms with E-state index >= 15 is 0 Å². The number of thioether (sulfide) groups is 1. The van der Waals surface area contributed by atoms with Gasteiger partial charge in [0.2, 0.25) is 0 Å². The number of anilines is 1. The first-order valence-electron chi connectivity index (χ1n) is 9.61. The van der Waals surface area contributed by atoms with Gasteiger partial charge >= 0.3 is 0 Å². The average molecular weight is 460 g/mol. The lowest BCUT2D eigenvalue weighted by Gasteiger charge is -2.20. The van der Waals surface area contributed by atoms with Gasteiger partial charge in [0.15, 0.2) is 16.6 Å². The van der Waals surface area contributed by atoms with Crippen LogP contribution in [-0.4, -0.2) is 40.2 Å². The summed E-state index contributed by atoms with van der Waals surface area (Å²) in [6, 6.07) is 6.26. The van der Waals surface area contributed by atoms with Crippen LogP contribution < -0.4 is 10.9 Å². The van der Waals surface area contributed by atoms with Gasteiger partial charge in [-0.2, -0.15) is 8.42 Å². The highest BCUT2D eigenvalue weighted by molar-refractivity contribution is 7.98. The third-order valence-electron chi connectivity index (χ3n) is 4.93. The van der Waals surface area contributed by atoms with Gasteiger partial charge in [-0.1, -0.05) is 37.7 Å². The molecule has 0 amide bonds. The molecule has 2 N–H and O–H groups in total. The van der Waals surface area contributed by atoms with Crippen LogP contribution in [0.5, 0.6) is 5.75 Å². The molecule has 2 aromatic heterocycles. The van der Waals surface area contributed by atoms with Crippen LogP contribution in [0.1, 0.15) is 25.8 Å². The first kappa shape index (κ1) is 21.3. The van der Waals surface area contributed by atoms with Gasteiger partial charge in [0, 0.05) is 12.7 Å². The Morgan fingerprint density at radius 2 is 2.00 bits per heavy atom. The topological polar surface area (TPSA) is 127 Å². The number of hydrogen-bond donors (Lipinski definition) is 2. The molecular formula is C20H21N5O4S2. The smallest absolute Gasteiger partial charge is 0.286 e. The first-order valence-corrected chi connectivity index (χ1v) is 12.3. The molecule has 4 rings (SSSR count). The van der Waals surface area contributed by atoms with Gasteiger partial charge in [-0.25, -0.2) is 9.97 Å². The number of aromatic nitrogens is 3. The minimum atomic E-state index is -4.04. The Hall–Kier alpha value is -2.92. The first-order chi connectivity index (χ1) is 14.7. The summed E-state index contributed by atoms with van der Waals surface area (Å²) in [6.07, 6.45) is 3.94. The average Bonchev–Trinajstić information content (AvgIpc) is 2.72. The van der Waals surface area contributed by atoms with E-state index in [2.05, 4.69) is 19.7 Å². The van der Waals surface area contributed by atoms with E-state index < -0.39 is 21.3 Å². The van der Waals surface area contributed by atoms with Crippen molar-refractivity contribution in [2.45, 2.75) is 36.9 Å². The number of aromatic hydroxyl groups is 1. The molecule has 3 aromatic rings. The van der Waals surface area contributed by atoms with Crippen molar-refractivity contribution in [2.24, 2.45) is 10.3 Å². The molecule has 0 fully saturated rings. The second-order valence-electron chi connectivity index (χ2n) is 7.49. The number of para-hydroxylation sites is 1. The summed E-state index contributed by atoms with van der Waals surface area (Å²) in [6.45, 7) is 4.42. The van der Waals surface area contributed by atoms with Gasteiger partial charge in [0.1, 0.15) is 16.2 Å². The molecule has 0 spiro atoms. The maximum atomic E-state index is 13.5. The maximum Gasteiger partial charge on any atom is 0.286 e. The van der Waals surface area contributed by atoms with E-state index in [9.17, 15) is 18.3 Å². The Balaban J connectivity index is 1.99. The molecule has 162 valence electrons. The van der Waals surface area contributed by atoms with E-state index in [1.54, 1.807) is 18.2 Å². The highest BCUT2D eigenvalue weighted by Crippen LogP contribution is 2.32. The summed E-state index contributed by atoms with van der Waals surface area (Å²) in [4.78, 5) is 22.1. The van der Waals surface area contributed by atoms with Gasteiger partial charge in [-0.15, -0.1) is 4.40 Å². The van der Waals surface area contributed by atoms with Crippen LogP contribution in [0.25, 0.3) is 11.0 Å². The second-order valence-corrected chi connectivity index (χ2v) is 9.84. The van der Waals surface area contributed by atoms with E-state index in [1.165, 1.54) is 28.6 Å².